The monoisotopic (exact) mass is 238 g/mol. The summed E-state index contributed by atoms with van der Waals surface area (Å²) in [5.41, 5.74) is 1.98. The fourth-order valence-corrected chi connectivity index (χ4v) is 1.47. The highest BCUT2D eigenvalue weighted by Crippen LogP contribution is 2.16. The highest BCUT2D eigenvalue weighted by atomic mass is 16.5. The van der Waals surface area contributed by atoms with Crippen molar-refractivity contribution in [1.29, 1.82) is 0 Å². The zero-order valence-corrected chi connectivity index (χ0v) is 11.0. The number of aromatic nitrogens is 1. The predicted molar refractivity (Wildman–Crippen MR) is 68.3 cm³/mol. The van der Waals surface area contributed by atoms with Crippen LogP contribution in [0.4, 0.5) is 0 Å². The van der Waals surface area contributed by atoms with E-state index in [1.54, 1.807) is 7.11 Å². The fraction of sp³-hybridized carbons (Fsp3) is 0.615. The van der Waals surface area contributed by atoms with Gasteiger partial charge in [0.05, 0.1) is 12.3 Å². The maximum atomic E-state index is 5.64. The summed E-state index contributed by atoms with van der Waals surface area (Å²) in [6.07, 6.45) is 1.12. The third-order valence-electron chi connectivity index (χ3n) is 2.34. The van der Waals surface area contributed by atoms with E-state index in [0.717, 1.165) is 36.6 Å². The summed E-state index contributed by atoms with van der Waals surface area (Å²) in [5, 5.41) is 3.34. The predicted octanol–water partition coefficient (Wildman–Crippen LogP) is 1.91. The molecular weight excluding hydrogens is 216 g/mol. The third kappa shape index (κ3) is 5.15. The van der Waals surface area contributed by atoms with E-state index in [9.17, 15) is 0 Å². The number of pyridine rings is 1. The van der Waals surface area contributed by atoms with Gasteiger partial charge in [0.1, 0.15) is 12.4 Å². The number of ether oxygens (including phenoxy) is 2. The normalized spacial score (nSPS) is 10.5. The molecule has 17 heavy (non-hydrogen) atoms. The van der Waals surface area contributed by atoms with Crippen LogP contribution in [0.2, 0.25) is 0 Å². The molecule has 0 saturated carbocycles. The summed E-state index contributed by atoms with van der Waals surface area (Å²) in [5.74, 6) is 0.844. The highest BCUT2D eigenvalue weighted by molar-refractivity contribution is 5.29. The van der Waals surface area contributed by atoms with Crippen LogP contribution < -0.4 is 10.1 Å². The lowest BCUT2D eigenvalue weighted by atomic mass is 10.2. The molecule has 0 saturated heterocycles. The molecule has 0 aliphatic heterocycles. The molecule has 4 heteroatoms. The van der Waals surface area contributed by atoms with Crippen molar-refractivity contribution in [3.05, 3.63) is 23.5 Å². The molecule has 4 nitrogen and oxygen atoms in total. The van der Waals surface area contributed by atoms with Crippen LogP contribution in [-0.2, 0) is 11.3 Å². The van der Waals surface area contributed by atoms with Crippen molar-refractivity contribution in [2.24, 2.45) is 0 Å². The Kier molecular flexibility index (Phi) is 6.58. The van der Waals surface area contributed by atoms with Crippen LogP contribution in [-0.4, -0.2) is 31.9 Å². The highest BCUT2D eigenvalue weighted by Gasteiger charge is 2.05. The van der Waals surface area contributed by atoms with Crippen molar-refractivity contribution in [2.45, 2.75) is 26.8 Å². The second kappa shape index (κ2) is 8.03. The van der Waals surface area contributed by atoms with Gasteiger partial charge in [-0.25, -0.2) is 0 Å². The van der Waals surface area contributed by atoms with Crippen molar-refractivity contribution in [3.63, 3.8) is 0 Å². The summed E-state index contributed by atoms with van der Waals surface area (Å²) in [4.78, 5) is 4.50. The number of hydrogen-bond donors (Lipinski definition) is 1. The molecule has 0 fully saturated rings. The topological polar surface area (TPSA) is 43.4 Å². The van der Waals surface area contributed by atoms with Crippen molar-refractivity contribution < 1.29 is 9.47 Å². The van der Waals surface area contributed by atoms with Crippen molar-refractivity contribution >= 4 is 0 Å². The molecule has 0 aromatic carbocycles. The Labute approximate surface area is 103 Å². The molecule has 1 aromatic heterocycles. The molecule has 0 spiro atoms. The minimum atomic E-state index is 0.558. The SMILES string of the molecule is CCCNCc1nc(C)ccc1OCCOC. The Hall–Kier alpha value is -1.13. The maximum absolute atomic E-state index is 5.64. The molecule has 0 unspecified atom stereocenters. The minimum absolute atomic E-state index is 0.558. The van der Waals surface area contributed by atoms with Gasteiger partial charge >= 0.3 is 0 Å². The van der Waals surface area contributed by atoms with E-state index in [1.807, 2.05) is 19.1 Å². The van der Waals surface area contributed by atoms with Gasteiger partial charge < -0.3 is 14.8 Å². The van der Waals surface area contributed by atoms with Crippen LogP contribution in [0.5, 0.6) is 5.75 Å². The minimum Gasteiger partial charge on any atom is -0.489 e. The van der Waals surface area contributed by atoms with Crippen molar-refractivity contribution in [3.8, 4) is 5.75 Å². The number of hydrogen-bond acceptors (Lipinski definition) is 4. The number of methoxy groups -OCH3 is 1. The van der Waals surface area contributed by atoms with Crippen LogP contribution in [0.15, 0.2) is 12.1 Å². The van der Waals surface area contributed by atoms with Gasteiger partial charge in [0, 0.05) is 19.3 Å². The fourth-order valence-electron chi connectivity index (χ4n) is 1.47. The van der Waals surface area contributed by atoms with Crippen molar-refractivity contribution in [2.75, 3.05) is 26.9 Å². The van der Waals surface area contributed by atoms with E-state index in [4.69, 9.17) is 9.47 Å². The molecule has 0 radical (unpaired) electrons. The molecule has 0 aliphatic rings. The lowest BCUT2D eigenvalue weighted by Crippen LogP contribution is -2.16. The van der Waals surface area contributed by atoms with Crippen molar-refractivity contribution in [1.82, 2.24) is 10.3 Å². The van der Waals surface area contributed by atoms with Gasteiger partial charge in [-0.3, -0.25) is 4.98 Å². The Morgan fingerprint density at radius 1 is 1.29 bits per heavy atom. The lowest BCUT2D eigenvalue weighted by molar-refractivity contribution is 0.145. The summed E-state index contributed by atoms with van der Waals surface area (Å²) in [6.45, 7) is 7.03. The molecular formula is C13H22N2O2. The molecule has 1 heterocycles. The zero-order chi connectivity index (χ0) is 12.5. The molecule has 1 aromatic rings. The van der Waals surface area contributed by atoms with Crippen LogP contribution >= 0.6 is 0 Å². The van der Waals surface area contributed by atoms with Gasteiger partial charge in [0.2, 0.25) is 0 Å². The molecule has 0 aliphatic carbocycles. The summed E-state index contributed by atoms with van der Waals surface area (Å²) in [6, 6.07) is 3.94. The van der Waals surface area contributed by atoms with Gasteiger partial charge in [-0.2, -0.15) is 0 Å². The van der Waals surface area contributed by atoms with Gasteiger partial charge in [-0.15, -0.1) is 0 Å². The Morgan fingerprint density at radius 3 is 2.82 bits per heavy atom. The van der Waals surface area contributed by atoms with Gasteiger partial charge in [-0.05, 0) is 32.0 Å². The first-order valence-corrected chi connectivity index (χ1v) is 6.07. The standard InChI is InChI=1S/C13H22N2O2/c1-4-7-14-10-12-13(17-9-8-16-3)6-5-11(2)15-12/h5-6,14H,4,7-10H2,1-3H3. The molecule has 96 valence electrons. The van der Waals surface area contributed by atoms with Crippen LogP contribution in [0.25, 0.3) is 0 Å². The molecule has 0 amide bonds. The molecule has 0 atom stereocenters. The molecule has 1 rings (SSSR count). The van der Waals surface area contributed by atoms with Gasteiger partial charge in [-0.1, -0.05) is 6.92 Å². The summed E-state index contributed by atoms with van der Waals surface area (Å²) < 4.78 is 10.6. The number of nitrogens with zero attached hydrogens (tertiary/aromatic N) is 1. The third-order valence-corrected chi connectivity index (χ3v) is 2.34. The number of rotatable bonds is 8. The Morgan fingerprint density at radius 2 is 2.12 bits per heavy atom. The maximum Gasteiger partial charge on any atom is 0.142 e. The second-order valence-electron chi connectivity index (χ2n) is 3.92. The van der Waals surface area contributed by atoms with E-state index < -0.39 is 0 Å². The quantitative estimate of drug-likeness (QED) is 0.703. The number of aryl methyl sites for hydroxylation is 1. The second-order valence-corrected chi connectivity index (χ2v) is 3.92. The smallest absolute Gasteiger partial charge is 0.142 e. The van der Waals surface area contributed by atoms with E-state index in [-0.39, 0.29) is 0 Å². The largest absolute Gasteiger partial charge is 0.489 e. The first-order valence-electron chi connectivity index (χ1n) is 6.07. The van der Waals surface area contributed by atoms with Gasteiger partial charge in [0.15, 0.2) is 0 Å². The van der Waals surface area contributed by atoms with E-state index in [0.29, 0.717) is 13.2 Å². The van der Waals surface area contributed by atoms with E-state index >= 15 is 0 Å². The van der Waals surface area contributed by atoms with Crippen LogP contribution in [0.1, 0.15) is 24.7 Å². The average molecular weight is 238 g/mol. The zero-order valence-electron chi connectivity index (χ0n) is 11.0. The summed E-state index contributed by atoms with van der Waals surface area (Å²) >= 11 is 0. The lowest BCUT2D eigenvalue weighted by Gasteiger charge is -2.11. The first-order chi connectivity index (χ1) is 8.27. The first kappa shape index (κ1) is 13.9. The number of nitrogens with one attached hydrogen (secondary N) is 1. The van der Waals surface area contributed by atoms with Gasteiger partial charge in [0.25, 0.3) is 0 Å². The van der Waals surface area contributed by atoms with E-state index in [2.05, 4.69) is 17.2 Å². The van der Waals surface area contributed by atoms with Crippen LogP contribution in [0, 0.1) is 6.92 Å². The average Bonchev–Trinajstić information content (AvgIpc) is 2.32. The van der Waals surface area contributed by atoms with E-state index in [1.165, 1.54) is 0 Å². The molecule has 0 bridgehead atoms. The Bertz CT molecular complexity index is 329. The van der Waals surface area contributed by atoms with Crippen LogP contribution in [0.3, 0.4) is 0 Å². The summed E-state index contributed by atoms with van der Waals surface area (Å²) in [7, 11) is 1.67. The Balaban J connectivity index is 2.59. The molecule has 1 N–H and O–H groups in total.